The average molecular weight is 404 g/mol. The summed E-state index contributed by atoms with van der Waals surface area (Å²) >= 11 is 0. The van der Waals surface area contributed by atoms with Crippen LogP contribution in [0.1, 0.15) is 54.1 Å². The lowest BCUT2D eigenvalue weighted by atomic mass is 9.74. The first kappa shape index (κ1) is 20.2. The van der Waals surface area contributed by atoms with Crippen molar-refractivity contribution in [3.8, 4) is 0 Å². The van der Waals surface area contributed by atoms with Gasteiger partial charge in [-0.15, -0.1) is 0 Å². The maximum atomic E-state index is 13.2. The molecule has 0 fully saturated rings. The number of aryl methyl sites for hydroxylation is 1. The van der Waals surface area contributed by atoms with E-state index in [0.717, 1.165) is 36.1 Å². The van der Waals surface area contributed by atoms with E-state index >= 15 is 0 Å². The summed E-state index contributed by atoms with van der Waals surface area (Å²) in [4.78, 5) is 22.3. The van der Waals surface area contributed by atoms with Crippen LogP contribution in [-0.2, 0) is 5.54 Å². The molecule has 4 nitrogen and oxygen atoms in total. The van der Waals surface area contributed by atoms with Gasteiger partial charge in [0.2, 0.25) is 0 Å². The van der Waals surface area contributed by atoms with E-state index in [9.17, 15) is 9.18 Å². The highest BCUT2D eigenvalue weighted by molar-refractivity contribution is 6.05. The molecule has 2 heterocycles. The molecule has 0 saturated carbocycles. The fourth-order valence-corrected chi connectivity index (χ4v) is 4.27. The van der Waals surface area contributed by atoms with Gasteiger partial charge in [0, 0.05) is 23.5 Å². The van der Waals surface area contributed by atoms with Gasteiger partial charge >= 0.3 is 0 Å². The number of hydrogen-bond acceptors (Lipinski definition) is 3. The quantitative estimate of drug-likeness (QED) is 0.759. The number of rotatable bonds is 5. The molecule has 1 N–H and O–H groups in total. The monoisotopic (exact) mass is 403 g/mol. The number of fused-ring (bicyclic) bond motifs is 1. The molecule has 30 heavy (non-hydrogen) atoms. The molecule has 4 rings (SSSR count). The lowest BCUT2D eigenvalue weighted by Gasteiger charge is -2.38. The summed E-state index contributed by atoms with van der Waals surface area (Å²) in [6.07, 6.45) is 13.9. The lowest BCUT2D eigenvalue weighted by Crippen LogP contribution is -2.43. The summed E-state index contributed by atoms with van der Waals surface area (Å²) < 4.78 is 13.2. The number of amides is 1. The molecule has 0 saturated heterocycles. The Balaban J connectivity index is 1.67. The summed E-state index contributed by atoms with van der Waals surface area (Å²) in [7, 11) is 0. The molecular weight excluding hydrogens is 377 g/mol. The second-order valence-electron chi connectivity index (χ2n) is 7.97. The number of carbonyl (C=O) groups is 1. The highest BCUT2D eigenvalue weighted by Crippen LogP contribution is 2.44. The number of hydrogen-bond donors (Lipinski definition) is 1. The number of dihydropyridines is 1. The smallest absolute Gasteiger partial charge is 0.251 e. The van der Waals surface area contributed by atoms with Crippen molar-refractivity contribution in [3.63, 3.8) is 0 Å². The van der Waals surface area contributed by atoms with E-state index in [2.05, 4.69) is 28.5 Å². The van der Waals surface area contributed by atoms with Gasteiger partial charge in [0.1, 0.15) is 11.4 Å². The van der Waals surface area contributed by atoms with E-state index < -0.39 is 5.54 Å². The second-order valence-corrected chi connectivity index (χ2v) is 7.97. The number of pyridine rings is 1. The number of halogens is 1. The fraction of sp³-hybridized carbons (Fsp3) is 0.320. The van der Waals surface area contributed by atoms with Crippen molar-refractivity contribution in [2.24, 2.45) is 4.99 Å². The predicted octanol–water partition coefficient (Wildman–Crippen LogP) is 5.05. The lowest BCUT2D eigenvalue weighted by molar-refractivity contribution is 0.0946. The first-order valence-corrected chi connectivity index (χ1v) is 10.5. The zero-order valence-electron chi connectivity index (χ0n) is 17.4. The molecule has 0 radical (unpaired) electrons. The van der Waals surface area contributed by atoms with Gasteiger partial charge in [-0.05, 0) is 74.1 Å². The zero-order valence-corrected chi connectivity index (χ0v) is 17.4. The molecule has 0 bridgehead atoms. The maximum absolute atomic E-state index is 13.2. The summed E-state index contributed by atoms with van der Waals surface area (Å²) in [5.41, 5.74) is 4.24. The van der Waals surface area contributed by atoms with Gasteiger partial charge in [-0.2, -0.15) is 0 Å². The van der Waals surface area contributed by atoms with Gasteiger partial charge in [-0.1, -0.05) is 25.1 Å². The molecule has 2 aromatic rings. The number of carbonyl (C=O) groups excluding carboxylic acids is 1. The Morgan fingerprint density at radius 3 is 2.77 bits per heavy atom. The number of allylic oxidation sites excluding steroid dienone is 1. The molecule has 1 aromatic carbocycles. The summed E-state index contributed by atoms with van der Waals surface area (Å²) in [6, 6.07) is 7.52. The van der Waals surface area contributed by atoms with Gasteiger partial charge in [-0.25, -0.2) is 4.39 Å². The number of nitrogens with one attached hydrogen (secondary N) is 1. The minimum Gasteiger partial charge on any atom is -0.344 e. The van der Waals surface area contributed by atoms with Crippen LogP contribution in [0.2, 0.25) is 0 Å². The number of nitrogens with zero attached hydrogens (tertiary/aromatic N) is 2. The van der Waals surface area contributed by atoms with Crippen LogP contribution >= 0.6 is 0 Å². The molecular formula is C25H26FN3O. The molecule has 154 valence electrons. The van der Waals surface area contributed by atoms with Crippen LogP contribution in [0.4, 0.5) is 4.39 Å². The number of aliphatic imine (C=N–C) groups is 1. The van der Waals surface area contributed by atoms with Crippen LogP contribution in [0.3, 0.4) is 0 Å². The SMILES string of the molecule is CCC(NC(=O)c1ccc(F)cc1)C1=NC2(c3cncc(C)c3)CCCC=C2C=C1. The Morgan fingerprint density at radius 2 is 2.03 bits per heavy atom. The van der Waals surface area contributed by atoms with E-state index in [1.165, 1.54) is 29.8 Å². The molecule has 2 aliphatic rings. The average Bonchev–Trinajstić information content (AvgIpc) is 2.77. The topological polar surface area (TPSA) is 54.4 Å². The second kappa shape index (κ2) is 8.34. The van der Waals surface area contributed by atoms with Crippen LogP contribution < -0.4 is 5.32 Å². The van der Waals surface area contributed by atoms with Gasteiger partial charge in [0.05, 0.1) is 11.8 Å². The van der Waals surface area contributed by atoms with Crippen molar-refractivity contribution in [2.45, 2.75) is 51.1 Å². The van der Waals surface area contributed by atoms with E-state index in [4.69, 9.17) is 4.99 Å². The summed E-state index contributed by atoms with van der Waals surface area (Å²) in [5, 5.41) is 3.07. The van der Waals surface area contributed by atoms with Crippen molar-refractivity contribution in [2.75, 3.05) is 0 Å². The molecule has 1 aliphatic heterocycles. The highest BCUT2D eigenvalue weighted by atomic mass is 19.1. The first-order valence-electron chi connectivity index (χ1n) is 10.5. The van der Waals surface area contributed by atoms with Crippen molar-refractivity contribution in [1.82, 2.24) is 10.3 Å². The van der Waals surface area contributed by atoms with Gasteiger partial charge in [0.15, 0.2) is 0 Å². The first-order chi connectivity index (χ1) is 14.5. The van der Waals surface area contributed by atoms with Gasteiger partial charge in [0.25, 0.3) is 5.91 Å². The molecule has 1 aliphatic carbocycles. The van der Waals surface area contributed by atoms with Crippen molar-refractivity contribution >= 4 is 11.6 Å². The Morgan fingerprint density at radius 1 is 1.23 bits per heavy atom. The Kier molecular flexibility index (Phi) is 5.62. The van der Waals surface area contributed by atoms with Crippen molar-refractivity contribution in [3.05, 3.63) is 89.0 Å². The third kappa shape index (κ3) is 3.84. The largest absolute Gasteiger partial charge is 0.344 e. The molecule has 1 aromatic heterocycles. The highest BCUT2D eigenvalue weighted by Gasteiger charge is 2.39. The Labute approximate surface area is 176 Å². The minimum atomic E-state index is -0.449. The van der Waals surface area contributed by atoms with Gasteiger partial charge < -0.3 is 5.32 Å². The third-order valence-electron chi connectivity index (χ3n) is 5.87. The molecule has 2 atom stereocenters. The summed E-state index contributed by atoms with van der Waals surface area (Å²) in [6.45, 7) is 4.07. The number of aromatic nitrogens is 1. The molecule has 1 amide bonds. The van der Waals surface area contributed by atoms with E-state index in [1.54, 1.807) is 0 Å². The van der Waals surface area contributed by atoms with Crippen LogP contribution in [0.5, 0.6) is 0 Å². The maximum Gasteiger partial charge on any atom is 0.251 e. The zero-order chi connectivity index (χ0) is 21.1. The van der Waals surface area contributed by atoms with E-state index in [-0.39, 0.29) is 17.8 Å². The standard InChI is InChI=1S/C25H26FN3O/c1-3-22(28-24(30)18-7-10-21(26)11-8-18)23-12-9-19-6-4-5-13-25(19,29-23)20-14-17(2)15-27-16-20/h6-12,14-16,22H,3-5,13H2,1-2H3,(H,28,30). The minimum absolute atomic E-state index is 0.225. The predicted molar refractivity (Wildman–Crippen MR) is 117 cm³/mol. The Hall–Kier alpha value is -3.08. The van der Waals surface area contributed by atoms with Crippen LogP contribution in [0.15, 0.2) is 71.5 Å². The number of benzene rings is 1. The summed E-state index contributed by atoms with van der Waals surface area (Å²) in [5.74, 6) is -0.585. The van der Waals surface area contributed by atoms with Crippen LogP contribution in [-0.4, -0.2) is 22.6 Å². The van der Waals surface area contributed by atoms with E-state index in [0.29, 0.717) is 12.0 Å². The Bertz CT molecular complexity index is 1040. The normalized spacial score (nSPS) is 21.3. The van der Waals surface area contributed by atoms with Crippen LogP contribution in [0, 0.1) is 12.7 Å². The van der Waals surface area contributed by atoms with Crippen molar-refractivity contribution < 1.29 is 9.18 Å². The third-order valence-corrected chi connectivity index (χ3v) is 5.87. The van der Waals surface area contributed by atoms with Gasteiger partial charge in [-0.3, -0.25) is 14.8 Å². The molecule has 2 unspecified atom stereocenters. The molecule has 5 heteroatoms. The fourth-order valence-electron chi connectivity index (χ4n) is 4.27. The molecule has 0 spiro atoms. The van der Waals surface area contributed by atoms with Crippen molar-refractivity contribution in [1.29, 1.82) is 0 Å². The van der Waals surface area contributed by atoms with Crippen LogP contribution in [0.25, 0.3) is 0 Å². The van der Waals surface area contributed by atoms with E-state index in [1.807, 2.05) is 32.3 Å².